The van der Waals surface area contributed by atoms with Gasteiger partial charge in [-0.1, -0.05) is 29.8 Å². The predicted octanol–water partition coefficient (Wildman–Crippen LogP) is 2.96. The molecule has 1 amide bonds. The van der Waals surface area contributed by atoms with Gasteiger partial charge in [0.2, 0.25) is 0 Å². The molecule has 0 unspecified atom stereocenters. The second kappa shape index (κ2) is 5.69. The molecule has 0 spiro atoms. The lowest BCUT2D eigenvalue weighted by Gasteiger charge is -2.30. The highest BCUT2D eigenvalue weighted by molar-refractivity contribution is 6.31. The second-order valence-electron chi connectivity index (χ2n) is 4.84. The standard InChI is InChI=1S/C16H12ClNO4/c17-11-5-6-14-13(7-11)18(15(19)9-22-14)8-10-3-1-2-4-12(10)16(20)21/h1-7H,8-9H2,(H,20,21). The average molecular weight is 318 g/mol. The van der Waals surface area contributed by atoms with E-state index in [-0.39, 0.29) is 24.6 Å². The summed E-state index contributed by atoms with van der Waals surface area (Å²) in [6.45, 7) is 0.0713. The molecule has 3 rings (SSSR count). The van der Waals surface area contributed by atoms with E-state index in [4.69, 9.17) is 16.3 Å². The van der Waals surface area contributed by atoms with Gasteiger partial charge in [0.25, 0.3) is 5.91 Å². The van der Waals surface area contributed by atoms with Crippen LogP contribution in [-0.4, -0.2) is 23.6 Å². The van der Waals surface area contributed by atoms with E-state index in [1.807, 2.05) is 0 Å². The van der Waals surface area contributed by atoms with E-state index in [1.165, 1.54) is 11.0 Å². The molecular formula is C16H12ClNO4. The SMILES string of the molecule is O=C(O)c1ccccc1CN1C(=O)COc2ccc(Cl)cc21. The van der Waals surface area contributed by atoms with Crippen LogP contribution in [-0.2, 0) is 11.3 Å². The summed E-state index contributed by atoms with van der Waals surface area (Å²) in [4.78, 5) is 25.0. The number of rotatable bonds is 3. The molecule has 22 heavy (non-hydrogen) atoms. The fourth-order valence-corrected chi connectivity index (χ4v) is 2.55. The fraction of sp³-hybridized carbons (Fsp3) is 0.125. The Labute approximate surface area is 131 Å². The highest BCUT2D eigenvalue weighted by atomic mass is 35.5. The van der Waals surface area contributed by atoms with Gasteiger partial charge in [-0.2, -0.15) is 0 Å². The van der Waals surface area contributed by atoms with Crippen molar-refractivity contribution in [3.8, 4) is 5.75 Å². The number of anilines is 1. The number of aromatic carboxylic acids is 1. The fourth-order valence-electron chi connectivity index (χ4n) is 2.39. The summed E-state index contributed by atoms with van der Waals surface area (Å²) >= 11 is 5.99. The Bertz CT molecular complexity index is 760. The van der Waals surface area contributed by atoms with Gasteiger partial charge in [0.05, 0.1) is 17.8 Å². The summed E-state index contributed by atoms with van der Waals surface area (Å²) in [5, 5.41) is 9.73. The molecule has 0 saturated heterocycles. The van der Waals surface area contributed by atoms with E-state index in [9.17, 15) is 14.7 Å². The molecule has 0 aromatic heterocycles. The van der Waals surface area contributed by atoms with E-state index in [0.29, 0.717) is 22.0 Å². The molecule has 0 fully saturated rings. The van der Waals surface area contributed by atoms with Crippen molar-refractivity contribution in [1.29, 1.82) is 0 Å². The summed E-state index contributed by atoms with van der Waals surface area (Å²) in [5.41, 5.74) is 1.27. The zero-order valence-electron chi connectivity index (χ0n) is 11.5. The average Bonchev–Trinajstić information content (AvgIpc) is 2.50. The lowest BCUT2D eigenvalue weighted by Crippen LogP contribution is -2.38. The van der Waals surface area contributed by atoms with Gasteiger partial charge in [-0.3, -0.25) is 4.79 Å². The van der Waals surface area contributed by atoms with Crippen LogP contribution in [0.1, 0.15) is 15.9 Å². The third kappa shape index (κ3) is 2.63. The Balaban J connectivity index is 2.01. The van der Waals surface area contributed by atoms with Crippen molar-refractivity contribution in [3.63, 3.8) is 0 Å². The molecule has 0 bridgehead atoms. The molecule has 112 valence electrons. The number of carboxylic acids is 1. The number of carboxylic acid groups (broad SMARTS) is 1. The van der Waals surface area contributed by atoms with Gasteiger partial charge in [-0.25, -0.2) is 4.79 Å². The highest BCUT2D eigenvalue weighted by Gasteiger charge is 2.27. The maximum atomic E-state index is 12.2. The molecule has 5 nitrogen and oxygen atoms in total. The van der Waals surface area contributed by atoms with Gasteiger partial charge >= 0.3 is 5.97 Å². The van der Waals surface area contributed by atoms with Crippen LogP contribution in [0.5, 0.6) is 5.75 Å². The zero-order valence-corrected chi connectivity index (χ0v) is 12.2. The molecule has 1 aliphatic heterocycles. The minimum absolute atomic E-state index is 0.0795. The number of ether oxygens (including phenoxy) is 1. The summed E-state index contributed by atoms with van der Waals surface area (Å²) in [5.74, 6) is -0.714. The number of hydrogen-bond donors (Lipinski definition) is 1. The lowest BCUT2D eigenvalue weighted by molar-refractivity contribution is -0.121. The van der Waals surface area contributed by atoms with Crippen molar-refractivity contribution in [1.82, 2.24) is 0 Å². The molecule has 0 aliphatic carbocycles. The van der Waals surface area contributed by atoms with Crippen LogP contribution in [0.15, 0.2) is 42.5 Å². The largest absolute Gasteiger partial charge is 0.482 e. The molecule has 0 saturated carbocycles. The molecule has 0 radical (unpaired) electrons. The number of amides is 1. The zero-order chi connectivity index (χ0) is 15.7. The first-order chi connectivity index (χ1) is 10.6. The van der Waals surface area contributed by atoms with Crippen LogP contribution in [0.3, 0.4) is 0 Å². The maximum absolute atomic E-state index is 12.2. The number of benzene rings is 2. The number of carbonyl (C=O) groups is 2. The summed E-state index contributed by atoms with van der Waals surface area (Å²) < 4.78 is 5.37. The van der Waals surface area contributed by atoms with Gasteiger partial charge in [0.15, 0.2) is 6.61 Å². The Morgan fingerprint density at radius 2 is 2.05 bits per heavy atom. The topological polar surface area (TPSA) is 66.8 Å². The van der Waals surface area contributed by atoms with Gasteiger partial charge in [0.1, 0.15) is 5.75 Å². The molecule has 2 aromatic carbocycles. The Morgan fingerprint density at radius 3 is 2.82 bits per heavy atom. The summed E-state index contributed by atoms with van der Waals surface area (Å²) in [7, 11) is 0. The van der Waals surface area contributed by atoms with Gasteiger partial charge < -0.3 is 14.7 Å². The van der Waals surface area contributed by atoms with E-state index < -0.39 is 5.97 Å². The smallest absolute Gasteiger partial charge is 0.336 e. The Hall–Kier alpha value is -2.53. The molecule has 1 heterocycles. The Morgan fingerprint density at radius 1 is 1.27 bits per heavy atom. The van der Waals surface area contributed by atoms with Crippen LogP contribution >= 0.6 is 11.6 Å². The van der Waals surface area contributed by atoms with Gasteiger partial charge in [-0.15, -0.1) is 0 Å². The van der Waals surface area contributed by atoms with E-state index in [2.05, 4.69) is 0 Å². The first-order valence-corrected chi connectivity index (χ1v) is 6.98. The normalized spacial score (nSPS) is 13.5. The van der Waals surface area contributed by atoms with E-state index in [0.717, 1.165) is 0 Å². The van der Waals surface area contributed by atoms with Crippen molar-refractivity contribution >= 4 is 29.2 Å². The van der Waals surface area contributed by atoms with Crippen LogP contribution in [0.2, 0.25) is 5.02 Å². The maximum Gasteiger partial charge on any atom is 0.336 e. The molecule has 2 aromatic rings. The molecule has 1 aliphatic rings. The Kier molecular flexibility index (Phi) is 3.73. The van der Waals surface area contributed by atoms with E-state index in [1.54, 1.807) is 36.4 Å². The first-order valence-electron chi connectivity index (χ1n) is 6.60. The van der Waals surface area contributed by atoms with Crippen molar-refractivity contribution in [3.05, 3.63) is 58.6 Å². The van der Waals surface area contributed by atoms with E-state index >= 15 is 0 Å². The van der Waals surface area contributed by atoms with Crippen molar-refractivity contribution in [2.75, 3.05) is 11.5 Å². The lowest BCUT2D eigenvalue weighted by atomic mass is 10.1. The number of nitrogens with zero attached hydrogens (tertiary/aromatic N) is 1. The number of halogens is 1. The minimum atomic E-state index is -1.03. The third-order valence-electron chi connectivity index (χ3n) is 3.44. The molecular weight excluding hydrogens is 306 g/mol. The van der Waals surface area contributed by atoms with Crippen molar-refractivity contribution in [2.45, 2.75) is 6.54 Å². The molecule has 0 atom stereocenters. The molecule has 6 heteroatoms. The van der Waals surface area contributed by atoms with Crippen molar-refractivity contribution < 1.29 is 19.4 Å². The number of hydrogen-bond acceptors (Lipinski definition) is 3. The number of carbonyl (C=O) groups excluding carboxylic acids is 1. The first kappa shape index (κ1) is 14.4. The third-order valence-corrected chi connectivity index (χ3v) is 3.68. The van der Waals surface area contributed by atoms with Crippen molar-refractivity contribution in [2.24, 2.45) is 0 Å². The molecule has 1 N–H and O–H groups in total. The quantitative estimate of drug-likeness (QED) is 0.945. The van der Waals surface area contributed by atoms with Gasteiger partial charge in [-0.05, 0) is 29.8 Å². The number of fused-ring (bicyclic) bond motifs is 1. The van der Waals surface area contributed by atoms with Gasteiger partial charge in [0, 0.05) is 5.02 Å². The summed E-state index contributed by atoms with van der Waals surface area (Å²) in [6, 6.07) is 11.6. The second-order valence-corrected chi connectivity index (χ2v) is 5.28. The summed E-state index contributed by atoms with van der Waals surface area (Å²) in [6.07, 6.45) is 0. The minimum Gasteiger partial charge on any atom is -0.482 e. The predicted molar refractivity (Wildman–Crippen MR) is 81.5 cm³/mol. The monoisotopic (exact) mass is 317 g/mol. The highest BCUT2D eigenvalue weighted by Crippen LogP contribution is 2.35. The van der Waals surface area contributed by atoms with Crippen LogP contribution < -0.4 is 9.64 Å². The van der Waals surface area contributed by atoms with Crippen LogP contribution in [0, 0.1) is 0 Å². The van der Waals surface area contributed by atoms with Crippen LogP contribution in [0.25, 0.3) is 0 Å². The van der Waals surface area contributed by atoms with Crippen LogP contribution in [0.4, 0.5) is 5.69 Å².